The van der Waals surface area contributed by atoms with E-state index in [1.54, 1.807) is 12.1 Å². The number of rotatable bonds is 9. The van der Waals surface area contributed by atoms with Gasteiger partial charge in [-0.05, 0) is 29.4 Å². The molecule has 1 aromatic rings. The van der Waals surface area contributed by atoms with Gasteiger partial charge in [-0.3, -0.25) is 4.79 Å². The normalized spacial score (nSPS) is 10.1. The molecule has 0 heterocycles. The lowest BCUT2D eigenvalue weighted by molar-refractivity contribution is 0.0952. The number of unbranched alkanes of at least 4 members (excludes halogenated alkanes) is 2. The molecule has 6 heteroatoms. The van der Waals surface area contributed by atoms with E-state index >= 15 is 0 Å². The van der Waals surface area contributed by atoms with Crippen LogP contribution in [-0.4, -0.2) is 38.2 Å². The number of hydrogen-bond acceptors (Lipinski definition) is 4. The van der Waals surface area contributed by atoms with Crippen LogP contribution in [0.5, 0.6) is 17.2 Å². The topological polar surface area (TPSA) is 56.8 Å². The van der Waals surface area contributed by atoms with Crippen molar-refractivity contribution in [2.75, 3.05) is 32.3 Å². The molecule has 5 nitrogen and oxygen atoms in total. The maximum absolute atomic E-state index is 12.1. The molecule has 0 bridgehead atoms. The Balaban J connectivity index is 2.75. The van der Waals surface area contributed by atoms with Crippen molar-refractivity contribution >= 4 is 28.5 Å². The van der Waals surface area contributed by atoms with Gasteiger partial charge in [0.2, 0.25) is 5.75 Å². The zero-order valence-electron chi connectivity index (χ0n) is 12.7. The summed E-state index contributed by atoms with van der Waals surface area (Å²) in [5, 5.41) is 2.90. The van der Waals surface area contributed by atoms with Gasteiger partial charge >= 0.3 is 0 Å². The summed E-state index contributed by atoms with van der Waals surface area (Å²) < 4.78 is 16.9. The molecular formula is C15H22INO4. The zero-order chi connectivity index (χ0) is 15.7. The third-order valence-corrected chi connectivity index (χ3v) is 3.79. The number of benzene rings is 1. The van der Waals surface area contributed by atoms with Crippen LogP contribution >= 0.6 is 22.6 Å². The Labute approximate surface area is 139 Å². The van der Waals surface area contributed by atoms with E-state index in [4.69, 9.17) is 14.2 Å². The van der Waals surface area contributed by atoms with Gasteiger partial charge in [0.15, 0.2) is 11.5 Å². The van der Waals surface area contributed by atoms with Gasteiger partial charge in [0.1, 0.15) is 0 Å². The van der Waals surface area contributed by atoms with E-state index in [0.717, 1.165) is 17.3 Å². The summed E-state index contributed by atoms with van der Waals surface area (Å²) in [7, 11) is 4.60. The van der Waals surface area contributed by atoms with E-state index in [1.807, 2.05) is 0 Å². The lowest BCUT2D eigenvalue weighted by atomic mass is 10.1. The molecular weight excluding hydrogens is 385 g/mol. The first kappa shape index (κ1) is 17.9. The highest BCUT2D eigenvalue weighted by molar-refractivity contribution is 14.1. The monoisotopic (exact) mass is 407 g/mol. The van der Waals surface area contributed by atoms with Crippen molar-refractivity contribution in [1.82, 2.24) is 5.32 Å². The highest BCUT2D eigenvalue weighted by Gasteiger charge is 2.16. The fourth-order valence-electron chi connectivity index (χ4n) is 1.91. The van der Waals surface area contributed by atoms with E-state index < -0.39 is 0 Å². The van der Waals surface area contributed by atoms with Crippen molar-refractivity contribution in [3.05, 3.63) is 17.7 Å². The lowest BCUT2D eigenvalue weighted by Crippen LogP contribution is -2.24. The minimum atomic E-state index is -0.135. The van der Waals surface area contributed by atoms with Crippen LogP contribution in [0.25, 0.3) is 0 Å². The fourth-order valence-corrected chi connectivity index (χ4v) is 2.45. The number of halogens is 1. The lowest BCUT2D eigenvalue weighted by Gasteiger charge is -2.14. The van der Waals surface area contributed by atoms with Gasteiger partial charge in [-0.25, -0.2) is 0 Å². The Kier molecular flexibility index (Phi) is 8.26. The summed E-state index contributed by atoms with van der Waals surface area (Å²) >= 11 is 2.36. The van der Waals surface area contributed by atoms with Crippen LogP contribution in [0.1, 0.15) is 29.6 Å². The number of nitrogens with one attached hydrogen (secondary N) is 1. The Morgan fingerprint density at radius 3 is 2.14 bits per heavy atom. The highest BCUT2D eigenvalue weighted by atomic mass is 127. The van der Waals surface area contributed by atoms with Gasteiger partial charge in [-0.1, -0.05) is 29.0 Å². The number of alkyl halides is 1. The summed E-state index contributed by atoms with van der Waals surface area (Å²) in [6.07, 6.45) is 3.29. The smallest absolute Gasteiger partial charge is 0.251 e. The number of methoxy groups -OCH3 is 3. The molecule has 21 heavy (non-hydrogen) atoms. The van der Waals surface area contributed by atoms with E-state index in [-0.39, 0.29) is 5.91 Å². The minimum absolute atomic E-state index is 0.135. The summed E-state index contributed by atoms with van der Waals surface area (Å²) in [6, 6.07) is 3.31. The molecule has 0 aliphatic rings. The van der Waals surface area contributed by atoms with Gasteiger partial charge in [-0.2, -0.15) is 0 Å². The summed E-state index contributed by atoms with van der Waals surface area (Å²) in [4.78, 5) is 12.1. The molecule has 1 rings (SSSR count). The van der Waals surface area contributed by atoms with Gasteiger partial charge in [-0.15, -0.1) is 0 Å². The van der Waals surface area contributed by atoms with Crippen molar-refractivity contribution in [2.24, 2.45) is 0 Å². The van der Waals surface area contributed by atoms with E-state index in [1.165, 1.54) is 27.8 Å². The van der Waals surface area contributed by atoms with Gasteiger partial charge in [0, 0.05) is 12.1 Å². The molecule has 0 fully saturated rings. The summed E-state index contributed by atoms with van der Waals surface area (Å²) in [5.74, 6) is 1.31. The van der Waals surface area contributed by atoms with Crippen molar-refractivity contribution in [3.63, 3.8) is 0 Å². The van der Waals surface area contributed by atoms with Crippen LogP contribution < -0.4 is 19.5 Å². The molecule has 0 aliphatic carbocycles. The molecule has 0 aromatic heterocycles. The van der Waals surface area contributed by atoms with Gasteiger partial charge < -0.3 is 19.5 Å². The first-order valence-electron chi connectivity index (χ1n) is 6.82. The van der Waals surface area contributed by atoms with Crippen LogP contribution in [0, 0.1) is 0 Å². The number of hydrogen-bond donors (Lipinski definition) is 1. The predicted octanol–water partition coefficient (Wildman–Crippen LogP) is 3.05. The first-order chi connectivity index (χ1) is 10.2. The molecule has 1 aromatic carbocycles. The number of amides is 1. The van der Waals surface area contributed by atoms with Crippen molar-refractivity contribution < 1.29 is 19.0 Å². The first-order valence-corrected chi connectivity index (χ1v) is 8.34. The number of carbonyl (C=O) groups is 1. The summed E-state index contributed by atoms with van der Waals surface area (Å²) in [5.41, 5.74) is 0.499. The predicted molar refractivity (Wildman–Crippen MR) is 91.2 cm³/mol. The number of carbonyl (C=O) groups excluding carboxylic acids is 1. The third kappa shape index (κ3) is 5.26. The Morgan fingerprint density at radius 1 is 1.05 bits per heavy atom. The van der Waals surface area contributed by atoms with Crippen LogP contribution in [0.4, 0.5) is 0 Å². The maximum atomic E-state index is 12.1. The second-order valence-corrected chi connectivity index (χ2v) is 5.50. The van der Waals surface area contributed by atoms with E-state index in [0.29, 0.717) is 29.4 Å². The SMILES string of the molecule is COc1cc(C(=O)NCCCCCI)cc(OC)c1OC. The van der Waals surface area contributed by atoms with Crippen molar-refractivity contribution in [2.45, 2.75) is 19.3 Å². The number of ether oxygens (including phenoxy) is 3. The molecule has 0 aliphatic heterocycles. The molecule has 0 unspecified atom stereocenters. The molecule has 1 N–H and O–H groups in total. The Bertz CT molecular complexity index is 440. The second kappa shape index (κ2) is 9.70. The molecule has 118 valence electrons. The quantitative estimate of drug-likeness (QED) is 0.389. The zero-order valence-corrected chi connectivity index (χ0v) is 14.9. The van der Waals surface area contributed by atoms with Gasteiger partial charge in [0.25, 0.3) is 5.91 Å². The fraction of sp³-hybridized carbons (Fsp3) is 0.533. The molecule has 0 atom stereocenters. The Hall–Kier alpha value is -1.18. The second-order valence-electron chi connectivity index (χ2n) is 4.42. The van der Waals surface area contributed by atoms with Gasteiger partial charge in [0.05, 0.1) is 21.3 Å². The third-order valence-electron chi connectivity index (χ3n) is 3.02. The van der Waals surface area contributed by atoms with Crippen LogP contribution in [0.2, 0.25) is 0 Å². The molecule has 0 spiro atoms. The molecule has 0 saturated heterocycles. The average molecular weight is 407 g/mol. The van der Waals surface area contributed by atoms with Crippen LogP contribution in [-0.2, 0) is 0 Å². The largest absolute Gasteiger partial charge is 0.493 e. The standard InChI is InChI=1S/C15H22INO4/c1-19-12-9-11(10-13(20-2)14(12)21-3)15(18)17-8-6-4-5-7-16/h9-10H,4-8H2,1-3H3,(H,17,18). The average Bonchev–Trinajstić information content (AvgIpc) is 2.52. The van der Waals surface area contributed by atoms with Crippen LogP contribution in [0.3, 0.4) is 0 Å². The van der Waals surface area contributed by atoms with Crippen molar-refractivity contribution in [3.8, 4) is 17.2 Å². The molecule has 0 radical (unpaired) electrons. The summed E-state index contributed by atoms with van der Waals surface area (Å²) in [6.45, 7) is 0.673. The molecule has 0 saturated carbocycles. The molecule has 1 amide bonds. The Morgan fingerprint density at radius 2 is 1.67 bits per heavy atom. The van der Waals surface area contributed by atoms with Crippen LogP contribution in [0.15, 0.2) is 12.1 Å². The maximum Gasteiger partial charge on any atom is 0.251 e. The highest BCUT2D eigenvalue weighted by Crippen LogP contribution is 2.38. The van der Waals surface area contributed by atoms with Crippen molar-refractivity contribution in [1.29, 1.82) is 0 Å². The van der Waals surface area contributed by atoms with E-state index in [9.17, 15) is 4.79 Å². The van der Waals surface area contributed by atoms with E-state index in [2.05, 4.69) is 27.9 Å². The minimum Gasteiger partial charge on any atom is -0.493 e.